The van der Waals surface area contributed by atoms with Crippen molar-refractivity contribution < 1.29 is 49.8 Å². The van der Waals surface area contributed by atoms with E-state index in [1.54, 1.807) is 32.7 Å². The molecule has 1 aliphatic heterocycles. The molecule has 0 N–H and O–H groups in total. The molecule has 2 rings (SSSR count). The Hall–Kier alpha value is -1.38. The summed E-state index contributed by atoms with van der Waals surface area (Å²) < 4.78 is 19.5. The molecule has 1 fully saturated rings. The maximum atomic E-state index is 14.1. The number of nitrogens with zero attached hydrogens (tertiary/aromatic N) is 3. The summed E-state index contributed by atoms with van der Waals surface area (Å²) in [6.45, 7) is 6.40. The zero-order valence-corrected chi connectivity index (χ0v) is 17.3. The van der Waals surface area contributed by atoms with Crippen LogP contribution in [0.15, 0.2) is 18.2 Å². The van der Waals surface area contributed by atoms with E-state index in [0.29, 0.717) is 25.2 Å². The van der Waals surface area contributed by atoms with Crippen molar-refractivity contribution in [3.63, 3.8) is 0 Å². The number of likely N-dealkylation sites (N-methyl/N-ethyl adjacent to an activating group) is 1. The van der Waals surface area contributed by atoms with Crippen molar-refractivity contribution >= 4 is 17.5 Å². The second-order valence-corrected chi connectivity index (χ2v) is 6.87. The molecule has 0 aliphatic carbocycles. The number of anilines is 1. The van der Waals surface area contributed by atoms with Crippen molar-refractivity contribution in [1.29, 1.82) is 0 Å². The molecule has 1 amide bonds. The van der Waals surface area contributed by atoms with Crippen LogP contribution in [-0.4, -0.2) is 47.7 Å². The van der Waals surface area contributed by atoms with Crippen molar-refractivity contribution in [3.8, 4) is 0 Å². The van der Waals surface area contributed by atoms with Gasteiger partial charge in [0, 0.05) is 26.2 Å². The molecule has 7 nitrogen and oxygen atoms in total. The van der Waals surface area contributed by atoms with Crippen LogP contribution in [-0.2, 0) is 4.74 Å². The van der Waals surface area contributed by atoms with Gasteiger partial charge in [-0.2, -0.15) is 0 Å². The van der Waals surface area contributed by atoms with Crippen LogP contribution in [0.5, 0.6) is 0 Å². The monoisotopic (exact) mass is 363 g/mol. The quantitative estimate of drug-likeness (QED) is 0.439. The fraction of sp³-hybridized carbons (Fsp3) is 0.562. The molecule has 0 saturated carbocycles. The number of benzene rings is 1. The molecular formula is C16H23FN3NaO4. The molecule has 0 radical (unpaired) electrons. The number of halogens is 1. The van der Waals surface area contributed by atoms with Gasteiger partial charge in [-0.05, 0) is 33.3 Å². The summed E-state index contributed by atoms with van der Waals surface area (Å²) in [5.41, 5.74) is -0.549. The van der Waals surface area contributed by atoms with Gasteiger partial charge in [0.25, 0.3) is 5.69 Å². The Morgan fingerprint density at radius 1 is 1.48 bits per heavy atom. The third-order valence-electron chi connectivity index (χ3n) is 3.88. The molecule has 1 aromatic rings. The number of rotatable bonds is 3. The number of non-ortho nitro benzene ring substituents is 1. The van der Waals surface area contributed by atoms with E-state index >= 15 is 0 Å². The molecule has 1 aromatic carbocycles. The summed E-state index contributed by atoms with van der Waals surface area (Å²) in [4.78, 5) is 25.5. The Labute approximate surface area is 170 Å². The minimum Gasteiger partial charge on any atom is -1.00 e. The maximum absolute atomic E-state index is 14.1. The molecule has 1 saturated heterocycles. The van der Waals surface area contributed by atoms with Crippen LogP contribution in [0.3, 0.4) is 0 Å². The summed E-state index contributed by atoms with van der Waals surface area (Å²) in [5, 5.41) is 10.7. The topological polar surface area (TPSA) is 75.9 Å². The van der Waals surface area contributed by atoms with E-state index in [1.165, 1.54) is 17.0 Å². The van der Waals surface area contributed by atoms with E-state index in [1.807, 2.05) is 0 Å². The number of ether oxygens (including phenoxy) is 1. The van der Waals surface area contributed by atoms with Crippen molar-refractivity contribution in [2.45, 2.75) is 38.8 Å². The smallest absolute Gasteiger partial charge is 1.00 e. The number of nitro benzene ring substituents is 1. The fourth-order valence-corrected chi connectivity index (χ4v) is 2.63. The van der Waals surface area contributed by atoms with E-state index in [4.69, 9.17) is 4.74 Å². The average Bonchev–Trinajstić information content (AvgIpc) is 2.93. The summed E-state index contributed by atoms with van der Waals surface area (Å²) in [5.74, 6) is -0.634. The second kappa shape index (κ2) is 8.33. The van der Waals surface area contributed by atoms with Crippen LogP contribution in [0.2, 0.25) is 0 Å². The summed E-state index contributed by atoms with van der Waals surface area (Å²) >= 11 is 0. The van der Waals surface area contributed by atoms with Crippen molar-refractivity contribution in [2.24, 2.45) is 0 Å². The van der Waals surface area contributed by atoms with Gasteiger partial charge in [-0.1, -0.05) is 0 Å². The third-order valence-corrected chi connectivity index (χ3v) is 3.88. The van der Waals surface area contributed by atoms with E-state index < -0.39 is 22.4 Å². The van der Waals surface area contributed by atoms with E-state index in [0.717, 1.165) is 6.07 Å². The van der Waals surface area contributed by atoms with Crippen LogP contribution in [0, 0.1) is 15.9 Å². The molecule has 134 valence electrons. The van der Waals surface area contributed by atoms with Crippen LogP contribution < -0.4 is 34.5 Å². The SMILES string of the molecule is CN(C(=O)OC(C)(C)C)[C@@H]1CCN(c2ccc([N+](=O)[O-])cc2F)C1.[H-].[Na+]. The van der Waals surface area contributed by atoms with Gasteiger partial charge in [-0.25, -0.2) is 9.18 Å². The molecule has 0 spiro atoms. The maximum Gasteiger partial charge on any atom is 1.00 e. The molecule has 1 atom stereocenters. The standard InChI is InChI=1S/C16H22FN3O4.Na.H/c1-16(2,3)24-15(21)18(4)12-7-8-19(10-12)14-6-5-11(20(22)23)9-13(14)17;;/h5-6,9,12H,7-8,10H2,1-4H3;;/q;+1;-1/t12-;;/m1../s1. The molecule has 25 heavy (non-hydrogen) atoms. The second-order valence-electron chi connectivity index (χ2n) is 6.87. The molecule has 9 heteroatoms. The molecule has 0 unspecified atom stereocenters. The Kier molecular flexibility index (Phi) is 7.22. The largest absolute Gasteiger partial charge is 1.00 e. The molecule has 0 bridgehead atoms. The first-order chi connectivity index (χ1) is 11.1. The van der Waals surface area contributed by atoms with Gasteiger partial charge in [0.15, 0.2) is 5.82 Å². The van der Waals surface area contributed by atoms with Gasteiger partial charge in [-0.15, -0.1) is 0 Å². The van der Waals surface area contributed by atoms with Crippen LogP contribution in [0.25, 0.3) is 0 Å². The van der Waals surface area contributed by atoms with Gasteiger partial charge in [-0.3, -0.25) is 10.1 Å². The molecular weight excluding hydrogens is 340 g/mol. The van der Waals surface area contributed by atoms with Crippen molar-refractivity contribution in [3.05, 3.63) is 34.1 Å². The molecule has 0 aromatic heterocycles. The van der Waals surface area contributed by atoms with Gasteiger partial charge in [0.2, 0.25) is 0 Å². The van der Waals surface area contributed by atoms with E-state index in [9.17, 15) is 19.3 Å². The number of carbonyl (C=O) groups is 1. The zero-order valence-electron chi connectivity index (χ0n) is 16.3. The minimum atomic E-state index is -0.634. The van der Waals surface area contributed by atoms with Gasteiger partial charge < -0.3 is 16.0 Å². The predicted molar refractivity (Wildman–Crippen MR) is 88.8 cm³/mol. The normalized spacial score (nSPS) is 17.0. The first-order valence-corrected chi connectivity index (χ1v) is 7.73. The number of nitro groups is 1. The Morgan fingerprint density at radius 3 is 2.64 bits per heavy atom. The Balaban J connectivity index is 0.00000312. The third kappa shape index (κ3) is 5.55. The minimum absolute atomic E-state index is 0. The summed E-state index contributed by atoms with van der Waals surface area (Å²) in [7, 11) is 1.66. The van der Waals surface area contributed by atoms with Crippen LogP contribution in [0.4, 0.5) is 20.6 Å². The van der Waals surface area contributed by atoms with Gasteiger partial charge in [0.1, 0.15) is 5.60 Å². The fourth-order valence-electron chi connectivity index (χ4n) is 2.63. The average molecular weight is 363 g/mol. The first kappa shape index (κ1) is 21.7. The van der Waals surface area contributed by atoms with Gasteiger partial charge >= 0.3 is 35.7 Å². The van der Waals surface area contributed by atoms with E-state index in [2.05, 4.69) is 0 Å². The Morgan fingerprint density at radius 2 is 2.12 bits per heavy atom. The van der Waals surface area contributed by atoms with Crippen molar-refractivity contribution in [2.75, 3.05) is 25.0 Å². The van der Waals surface area contributed by atoms with Crippen LogP contribution in [0.1, 0.15) is 28.6 Å². The summed E-state index contributed by atoms with van der Waals surface area (Å²) in [6.07, 6.45) is 0.255. The zero-order chi connectivity index (χ0) is 18.1. The van der Waals surface area contributed by atoms with Gasteiger partial charge in [0.05, 0.1) is 22.7 Å². The first-order valence-electron chi connectivity index (χ1n) is 7.73. The number of hydrogen-bond acceptors (Lipinski definition) is 5. The Bertz CT molecular complexity index is 657. The van der Waals surface area contributed by atoms with Crippen molar-refractivity contribution in [1.82, 2.24) is 4.90 Å². The van der Waals surface area contributed by atoms with E-state index in [-0.39, 0.29) is 42.7 Å². The van der Waals surface area contributed by atoms with Crippen LogP contribution >= 0.6 is 0 Å². The molecule has 1 heterocycles. The predicted octanol–water partition coefficient (Wildman–Crippen LogP) is 0.296. The number of carbonyl (C=O) groups excluding carboxylic acids is 1. The number of hydrogen-bond donors (Lipinski definition) is 0. The summed E-state index contributed by atoms with van der Waals surface area (Å²) in [6, 6.07) is 3.50. The number of amides is 1. The molecule has 1 aliphatic rings.